The zero-order chi connectivity index (χ0) is 23.5. The molecule has 1 aromatic carbocycles. The van der Waals surface area contributed by atoms with Crippen LogP contribution in [0.15, 0.2) is 24.3 Å². The third-order valence-corrected chi connectivity index (χ3v) is 8.53. The number of hydrogen-bond donors (Lipinski definition) is 3. The van der Waals surface area contributed by atoms with Crippen molar-refractivity contribution in [2.75, 3.05) is 30.8 Å². The van der Waals surface area contributed by atoms with E-state index in [-0.39, 0.29) is 22.4 Å². The van der Waals surface area contributed by atoms with E-state index < -0.39 is 28.6 Å². The van der Waals surface area contributed by atoms with Crippen LogP contribution in [-0.4, -0.2) is 66.4 Å². The standard InChI is InChI=1S/C21H26N2O7S2/c1-3-32(28,29)23-9-7-15(8-10-23)22-16-6-4-5-14(11-16)19-13(2)18(30-12-17(24)25)20(31-19)21(26)27/h4-6,11,15,22H,3,7-10,12H2,1-2H3,(H,24,25)(H,26,27). The molecule has 174 valence electrons. The van der Waals surface area contributed by atoms with Gasteiger partial charge in [0, 0.05) is 35.3 Å². The monoisotopic (exact) mass is 482 g/mol. The highest BCUT2D eigenvalue weighted by Gasteiger charge is 2.27. The molecule has 1 aliphatic heterocycles. The maximum atomic E-state index is 12.0. The van der Waals surface area contributed by atoms with Gasteiger partial charge in [-0.3, -0.25) is 0 Å². The Morgan fingerprint density at radius 2 is 1.94 bits per heavy atom. The van der Waals surface area contributed by atoms with Crippen molar-refractivity contribution in [2.45, 2.75) is 32.7 Å². The summed E-state index contributed by atoms with van der Waals surface area (Å²) in [7, 11) is -3.17. The van der Waals surface area contributed by atoms with Gasteiger partial charge in [-0.05, 0) is 44.4 Å². The highest BCUT2D eigenvalue weighted by molar-refractivity contribution is 7.89. The van der Waals surface area contributed by atoms with E-state index in [0.29, 0.717) is 36.4 Å². The van der Waals surface area contributed by atoms with Gasteiger partial charge in [0.1, 0.15) is 5.75 Å². The van der Waals surface area contributed by atoms with Crippen molar-refractivity contribution < 1.29 is 33.0 Å². The molecule has 0 amide bonds. The molecule has 0 unspecified atom stereocenters. The van der Waals surface area contributed by atoms with Gasteiger partial charge in [-0.1, -0.05) is 12.1 Å². The maximum absolute atomic E-state index is 12.0. The van der Waals surface area contributed by atoms with Crippen LogP contribution in [0.2, 0.25) is 0 Å². The second kappa shape index (κ2) is 9.88. The molecule has 11 heteroatoms. The summed E-state index contributed by atoms with van der Waals surface area (Å²) in [5.74, 6) is -2.18. The number of carbonyl (C=O) groups is 2. The molecule has 0 spiro atoms. The van der Waals surface area contributed by atoms with Crippen molar-refractivity contribution in [3.05, 3.63) is 34.7 Å². The molecule has 2 heterocycles. The molecule has 1 fully saturated rings. The minimum atomic E-state index is -3.17. The fourth-order valence-electron chi connectivity index (χ4n) is 3.67. The summed E-state index contributed by atoms with van der Waals surface area (Å²) in [6.07, 6.45) is 1.38. The number of nitrogens with one attached hydrogen (secondary N) is 1. The maximum Gasteiger partial charge on any atom is 0.349 e. The first-order valence-electron chi connectivity index (χ1n) is 10.2. The van der Waals surface area contributed by atoms with Crippen molar-refractivity contribution in [2.24, 2.45) is 0 Å². The Labute approximate surface area is 190 Å². The van der Waals surface area contributed by atoms with E-state index >= 15 is 0 Å². The lowest BCUT2D eigenvalue weighted by molar-refractivity contribution is -0.139. The molecule has 1 saturated heterocycles. The van der Waals surface area contributed by atoms with Crippen molar-refractivity contribution in [1.29, 1.82) is 0 Å². The van der Waals surface area contributed by atoms with Crippen LogP contribution in [0.25, 0.3) is 10.4 Å². The minimum absolute atomic E-state index is 0.0402. The summed E-state index contributed by atoms with van der Waals surface area (Å²) < 4.78 is 30.9. The average Bonchev–Trinajstić information content (AvgIpc) is 3.09. The van der Waals surface area contributed by atoms with Gasteiger partial charge >= 0.3 is 11.9 Å². The predicted molar refractivity (Wildman–Crippen MR) is 122 cm³/mol. The molecular weight excluding hydrogens is 456 g/mol. The van der Waals surface area contributed by atoms with E-state index in [4.69, 9.17) is 9.84 Å². The molecule has 0 saturated carbocycles. The van der Waals surface area contributed by atoms with Gasteiger partial charge in [0.05, 0.1) is 5.75 Å². The van der Waals surface area contributed by atoms with Crippen molar-refractivity contribution in [3.63, 3.8) is 0 Å². The van der Waals surface area contributed by atoms with Crippen molar-refractivity contribution in [3.8, 4) is 16.2 Å². The number of nitrogens with zero attached hydrogens (tertiary/aromatic N) is 1. The summed E-state index contributed by atoms with van der Waals surface area (Å²) in [5.41, 5.74) is 2.21. The van der Waals surface area contributed by atoms with Crippen LogP contribution in [0, 0.1) is 6.92 Å². The fraction of sp³-hybridized carbons (Fsp3) is 0.429. The smallest absolute Gasteiger partial charge is 0.349 e. The van der Waals surface area contributed by atoms with E-state index in [1.807, 2.05) is 24.3 Å². The van der Waals surface area contributed by atoms with E-state index in [9.17, 15) is 23.1 Å². The minimum Gasteiger partial charge on any atom is -0.480 e. The summed E-state index contributed by atoms with van der Waals surface area (Å²) in [6, 6.07) is 7.64. The molecular formula is C21H26N2O7S2. The number of aliphatic carboxylic acids is 1. The van der Waals surface area contributed by atoms with Gasteiger partial charge in [-0.15, -0.1) is 11.3 Å². The Kier molecular flexibility index (Phi) is 7.42. The first kappa shape index (κ1) is 24.0. The largest absolute Gasteiger partial charge is 0.480 e. The molecule has 0 bridgehead atoms. The Hall–Kier alpha value is -2.63. The second-order valence-electron chi connectivity index (χ2n) is 7.50. The van der Waals surface area contributed by atoms with Crippen LogP contribution < -0.4 is 10.1 Å². The van der Waals surface area contributed by atoms with Crippen LogP contribution in [0.5, 0.6) is 5.75 Å². The number of benzene rings is 1. The molecule has 9 nitrogen and oxygen atoms in total. The third kappa shape index (κ3) is 5.40. The predicted octanol–water partition coefficient (Wildman–Crippen LogP) is 3.11. The van der Waals surface area contributed by atoms with Crippen LogP contribution in [0.1, 0.15) is 35.0 Å². The lowest BCUT2D eigenvalue weighted by Crippen LogP contribution is -2.42. The average molecular weight is 483 g/mol. The van der Waals surface area contributed by atoms with E-state index in [2.05, 4.69) is 5.32 Å². The van der Waals surface area contributed by atoms with Gasteiger partial charge < -0.3 is 20.3 Å². The van der Waals surface area contributed by atoms with Crippen LogP contribution >= 0.6 is 11.3 Å². The number of thiophene rings is 1. The number of rotatable bonds is 9. The molecule has 3 rings (SSSR count). The first-order valence-corrected chi connectivity index (χ1v) is 12.6. The summed E-state index contributed by atoms with van der Waals surface area (Å²) >= 11 is 1.04. The molecule has 0 radical (unpaired) electrons. The summed E-state index contributed by atoms with van der Waals surface area (Å²) in [6.45, 7) is 3.68. The van der Waals surface area contributed by atoms with Crippen LogP contribution in [0.3, 0.4) is 0 Å². The number of anilines is 1. The molecule has 0 atom stereocenters. The Morgan fingerprint density at radius 3 is 2.53 bits per heavy atom. The molecule has 0 aliphatic carbocycles. The van der Waals surface area contributed by atoms with Gasteiger partial charge in [0.25, 0.3) is 0 Å². The number of sulfonamides is 1. The fourth-order valence-corrected chi connectivity index (χ4v) is 5.89. The number of hydrogen-bond acceptors (Lipinski definition) is 7. The summed E-state index contributed by atoms with van der Waals surface area (Å²) in [5, 5.41) is 21.8. The Balaban J connectivity index is 1.77. The molecule has 32 heavy (non-hydrogen) atoms. The van der Waals surface area contributed by atoms with Crippen molar-refractivity contribution >= 4 is 39.0 Å². The zero-order valence-corrected chi connectivity index (χ0v) is 19.5. The lowest BCUT2D eigenvalue weighted by Gasteiger charge is -2.32. The molecule has 1 aromatic heterocycles. The van der Waals surface area contributed by atoms with Gasteiger partial charge in [-0.25, -0.2) is 22.3 Å². The number of aromatic carboxylic acids is 1. The van der Waals surface area contributed by atoms with Gasteiger partial charge in [0.15, 0.2) is 11.5 Å². The molecule has 1 aliphatic rings. The van der Waals surface area contributed by atoms with Crippen LogP contribution in [-0.2, 0) is 14.8 Å². The number of carboxylic acids is 2. The highest BCUT2D eigenvalue weighted by Crippen LogP contribution is 2.42. The van der Waals surface area contributed by atoms with Crippen molar-refractivity contribution in [1.82, 2.24) is 4.31 Å². The van der Waals surface area contributed by atoms with Crippen LogP contribution in [0.4, 0.5) is 5.69 Å². The molecule has 3 N–H and O–H groups in total. The third-order valence-electron chi connectivity index (χ3n) is 5.33. The van der Waals surface area contributed by atoms with Gasteiger partial charge in [-0.2, -0.15) is 0 Å². The second-order valence-corrected chi connectivity index (χ2v) is 10.8. The first-order chi connectivity index (χ1) is 15.1. The number of carboxylic acid groups (broad SMARTS) is 2. The van der Waals surface area contributed by atoms with E-state index in [1.54, 1.807) is 13.8 Å². The number of ether oxygens (including phenoxy) is 1. The SMILES string of the molecule is CCS(=O)(=O)N1CCC(Nc2cccc(-c3sc(C(=O)O)c(OCC(=O)O)c3C)c2)CC1. The van der Waals surface area contributed by atoms with Gasteiger partial charge in [0.2, 0.25) is 10.0 Å². The quantitative estimate of drug-likeness (QED) is 0.496. The zero-order valence-electron chi connectivity index (χ0n) is 17.8. The van der Waals surface area contributed by atoms with E-state index in [0.717, 1.165) is 22.6 Å². The summed E-state index contributed by atoms with van der Waals surface area (Å²) in [4.78, 5) is 23.1. The number of piperidine rings is 1. The highest BCUT2D eigenvalue weighted by atomic mass is 32.2. The molecule has 2 aromatic rings. The Bertz CT molecular complexity index is 1100. The Morgan fingerprint density at radius 1 is 1.25 bits per heavy atom. The van der Waals surface area contributed by atoms with E-state index in [1.165, 1.54) is 4.31 Å². The topological polar surface area (TPSA) is 133 Å². The lowest BCUT2D eigenvalue weighted by atomic mass is 10.0. The normalized spacial score (nSPS) is 15.4.